The number of aromatic amines is 1. The first-order valence-electron chi connectivity index (χ1n) is 4.54. The maximum atomic E-state index is 8.87. The van der Waals surface area contributed by atoms with E-state index in [1.165, 1.54) is 12.3 Å². The molecule has 0 bridgehead atoms. The minimum Gasteiger partial charge on any atom is -0.418 e. The number of ether oxygens (including phenoxy) is 1. The fourth-order valence-electron chi connectivity index (χ4n) is 1.17. The van der Waals surface area contributed by atoms with Crippen LogP contribution in [0.5, 0.6) is 11.8 Å². The lowest BCUT2D eigenvalue weighted by Gasteiger charge is -2.02. The minimum atomic E-state index is 0.197. The maximum Gasteiger partial charge on any atom is 0.240 e. The Kier molecular flexibility index (Phi) is 2.44. The lowest BCUT2D eigenvalue weighted by Crippen LogP contribution is -1.94. The molecule has 2 heterocycles. The maximum absolute atomic E-state index is 8.87. The molecule has 3 N–H and O–H groups in total. The van der Waals surface area contributed by atoms with E-state index in [9.17, 15) is 0 Å². The number of nitrogen functional groups attached to an aromatic ring is 1. The second kappa shape index (κ2) is 3.90. The number of H-pyrrole nitrogens is 1. The van der Waals surface area contributed by atoms with Gasteiger partial charge in [0.05, 0.1) is 11.9 Å². The average molecular weight is 215 g/mol. The Morgan fingerprint density at radius 1 is 1.50 bits per heavy atom. The lowest BCUT2D eigenvalue weighted by atomic mass is 10.3. The van der Waals surface area contributed by atoms with Crippen LogP contribution < -0.4 is 10.5 Å². The van der Waals surface area contributed by atoms with Crippen LogP contribution in [0.2, 0.25) is 0 Å². The van der Waals surface area contributed by atoms with Crippen molar-refractivity contribution < 1.29 is 4.74 Å². The molecule has 0 aliphatic rings. The molecule has 2 aromatic rings. The number of nitrogens with one attached hydrogen (secondary N) is 1. The predicted octanol–water partition coefficient (Wildman–Crippen LogP) is 1.36. The summed E-state index contributed by atoms with van der Waals surface area (Å²) in [5, 5.41) is 15.5. The van der Waals surface area contributed by atoms with Crippen LogP contribution in [0.3, 0.4) is 0 Å². The third-order valence-corrected chi connectivity index (χ3v) is 1.88. The first kappa shape index (κ1) is 9.98. The van der Waals surface area contributed by atoms with E-state index in [0.29, 0.717) is 11.6 Å². The van der Waals surface area contributed by atoms with Crippen molar-refractivity contribution in [3.05, 3.63) is 29.6 Å². The molecule has 6 nitrogen and oxygen atoms in total. The Morgan fingerprint density at radius 2 is 2.31 bits per heavy atom. The van der Waals surface area contributed by atoms with Crippen molar-refractivity contribution in [3.8, 4) is 17.8 Å². The topological polar surface area (TPSA) is 101 Å². The second-order valence-electron chi connectivity index (χ2n) is 3.22. The molecule has 16 heavy (non-hydrogen) atoms. The van der Waals surface area contributed by atoms with Crippen LogP contribution in [0, 0.1) is 18.3 Å². The third-order valence-electron chi connectivity index (χ3n) is 1.88. The van der Waals surface area contributed by atoms with E-state index >= 15 is 0 Å². The van der Waals surface area contributed by atoms with Crippen molar-refractivity contribution in [2.75, 3.05) is 5.73 Å². The molecule has 2 rings (SSSR count). The zero-order chi connectivity index (χ0) is 11.5. The van der Waals surface area contributed by atoms with Crippen LogP contribution in [0.1, 0.15) is 11.3 Å². The van der Waals surface area contributed by atoms with E-state index in [4.69, 9.17) is 15.7 Å². The van der Waals surface area contributed by atoms with Gasteiger partial charge in [0.25, 0.3) is 0 Å². The molecule has 6 heteroatoms. The summed E-state index contributed by atoms with van der Waals surface area (Å²) in [5.74, 6) is 0.564. The molecule has 2 aromatic heterocycles. The summed E-state index contributed by atoms with van der Waals surface area (Å²) >= 11 is 0. The summed E-state index contributed by atoms with van der Waals surface area (Å²) in [6, 6.07) is 5.17. The number of rotatable bonds is 2. The van der Waals surface area contributed by atoms with Crippen molar-refractivity contribution in [1.29, 1.82) is 5.26 Å². The van der Waals surface area contributed by atoms with E-state index in [-0.39, 0.29) is 11.4 Å². The molecule has 0 radical (unpaired) electrons. The van der Waals surface area contributed by atoms with E-state index in [1.54, 1.807) is 6.07 Å². The monoisotopic (exact) mass is 215 g/mol. The first-order valence-corrected chi connectivity index (χ1v) is 4.54. The summed E-state index contributed by atoms with van der Waals surface area (Å²) in [7, 11) is 0. The van der Waals surface area contributed by atoms with E-state index in [1.807, 2.05) is 13.0 Å². The van der Waals surface area contributed by atoms with Gasteiger partial charge in [0.15, 0.2) is 0 Å². The van der Waals surface area contributed by atoms with Crippen molar-refractivity contribution in [2.24, 2.45) is 0 Å². The molecule has 0 amide bonds. The second-order valence-corrected chi connectivity index (χ2v) is 3.22. The first-order chi connectivity index (χ1) is 7.69. The molecular weight excluding hydrogens is 206 g/mol. The van der Waals surface area contributed by atoms with Crippen LogP contribution >= 0.6 is 0 Å². The molecule has 0 unspecified atom stereocenters. The molecule has 0 spiro atoms. The number of nitrogens with two attached hydrogens (primary N) is 1. The molecule has 80 valence electrons. The molecule has 0 aromatic carbocycles. The van der Waals surface area contributed by atoms with Gasteiger partial charge in [0.2, 0.25) is 11.8 Å². The van der Waals surface area contributed by atoms with Crippen molar-refractivity contribution in [3.63, 3.8) is 0 Å². The number of anilines is 1. The highest BCUT2D eigenvalue weighted by atomic mass is 16.5. The lowest BCUT2D eigenvalue weighted by molar-refractivity contribution is 0.442. The number of hydrogen-bond donors (Lipinski definition) is 2. The van der Waals surface area contributed by atoms with Gasteiger partial charge in [-0.1, -0.05) is 0 Å². The Labute approximate surface area is 91.7 Å². The van der Waals surface area contributed by atoms with Gasteiger partial charge in [-0.15, -0.1) is 5.10 Å². The van der Waals surface area contributed by atoms with Crippen LogP contribution in [-0.4, -0.2) is 15.2 Å². The number of nitrogens with zero attached hydrogens (tertiary/aromatic N) is 3. The summed E-state index contributed by atoms with van der Waals surface area (Å²) in [6.45, 7) is 1.85. The highest BCUT2D eigenvalue weighted by Gasteiger charge is 2.08. The summed E-state index contributed by atoms with van der Waals surface area (Å²) in [5.41, 5.74) is 7.07. The molecule has 0 saturated heterocycles. The predicted molar refractivity (Wildman–Crippen MR) is 56.8 cm³/mol. The molecule has 0 atom stereocenters. The van der Waals surface area contributed by atoms with Crippen molar-refractivity contribution in [2.45, 2.75) is 6.92 Å². The van der Waals surface area contributed by atoms with Gasteiger partial charge in [-0.2, -0.15) is 5.26 Å². The van der Waals surface area contributed by atoms with Gasteiger partial charge in [0, 0.05) is 11.8 Å². The highest BCUT2D eigenvalue weighted by Crippen LogP contribution is 2.22. The Hall–Kier alpha value is -2.55. The Morgan fingerprint density at radius 3 is 2.94 bits per heavy atom. The van der Waals surface area contributed by atoms with Crippen LogP contribution in [0.15, 0.2) is 18.3 Å². The fraction of sp³-hybridized carbons (Fsp3) is 0.100. The smallest absolute Gasteiger partial charge is 0.240 e. The van der Waals surface area contributed by atoms with E-state index < -0.39 is 0 Å². The average Bonchev–Trinajstić information content (AvgIpc) is 2.67. The van der Waals surface area contributed by atoms with Gasteiger partial charge < -0.3 is 10.5 Å². The summed E-state index contributed by atoms with van der Waals surface area (Å²) < 4.78 is 5.34. The number of aromatic nitrogens is 3. The van der Waals surface area contributed by atoms with Crippen LogP contribution in [0.25, 0.3) is 0 Å². The largest absolute Gasteiger partial charge is 0.418 e. The number of aryl methyl sites for hydroxylation is 1. The summed E-state index contributed by atoms with van der Waals surface area (Å²) in [4.78, 5) is 3.93. The van der Waals surface area contributed by atoms with Crippen molar-refractivity contribution in [1.82, 2.24) is 15.2 Å². The molecule has 0 saturated carbocycles. The van der Waals surface area contributed by atoms with Gasteiger partial charge >= 0.3 is 0 Å². The normalized spacial score (nSPS) is 9.75. The van der Waals surface area contributed by atoms with E-state index in [0.717, 1.165) is 5.69 Å². The third kappa shape index (κ3) is 1.93. The summed E-state index contributed by atoms with van der Waals surface area (Å²) in [6.07, 6.45) is 1.43. The SMILES string of the molecule is Cc1cc(Oc2ncc(N)cc2C#N)n[nH]1. The van der Waals surface area contributed by atoms with Gasteiger partial charge in [-0.05, 0) is 13.0 Å². The minimum absolute atomic E-state index is 0.197. The standard InChI is InChI=1S/C10H9N5O/c1-6-2-9(15-14-6)16-10-7(4-11)3-8(12)5-13-10/h2-3,5H,12H2,1H3,(H,14,15). The Bertz CT molecular complexity index is 555. The zero-order valence-electron chi connectivity index (χ0n) is 8.56. The van der Waals surface area contributed by atoms with Crippen LogP contribution in [-0.2, 0) is 0 Å². The number of hydrogen-bond acceptors (Lipinski definition) is 5. The molecule has 0 fully saturated rings. The van der Waals surface area contributed by atoms with E-state index in [2.05, 4.69) is 15.2 Å². The van der Waals surface area contributed by atoms with Gasteiger partial charge in [-0.3, -0.25) is 5.10 Å². The fourth-order valence-corrected chi connectivity index (χ4v) is 1.17. The van der Waals surface area contributed by atoms with Crippen LogP contribution in [0.4, 0.5) is 5.69 Å². The zero-order valence-corrected chi connectivity index (χ0v) is 8.56. The number of nitriles is 1. The molecule has 0 aliphatic heterocycles. The van der Waals surface area contributed by atoms with Gasteiger partial charge in [0.1, 0.15) is 11.6 Å². The van der Waals surface area contributed by atoms with Crippen molar-refractivity contribution >= 4 is 5.69 Å². The van der Waals surface area contributed by atoms with Gasteiger partial charge in [-0.25, -0.2) is 4.98 Å². The molecule has 0 aliphatic carbocycles. The number of pyridine rings is 1. The quantitative estimate of drug-likeness (QED) is 0.787. The molecular formula is C10H9N5O. The Balaban J connectivity index is 2.31. The highest BCUT2D eigenvalue weighted by molar-refractivity contribution is 5.49.